The van der Waals surface area contributed by atoms with Crippen molar-refractivity contribution >= 4 is 29.3 Å². The van der Waals surface area contributed by atoms with Crippen molar-refractivity contribution in [2.24, 2.45) is 5.92 Å². The first-order valence-electron chi connectivity index (χ1n) is 13.5. The number of hydrogen-bond acceptors (Lipinski definition) is 9. The second-order valence-electron chi connectivity index (χ2n) is 9.91. The lowest BCUT2D eigenvalue weighted by molar-refractivity contribution is -0.268. The van der Waals surface area contributed by atoms with Gasteiger partial charge in [-0.05, 0) is 45.8 Å². The normalized spacial score (nSPS) is 20.2. The molecule has 3 N–H and O–H groups in total. The van der Waals surface area contributed by atoms with Crippen LogP contribution < -0.4 is 5.32 Å². The number of hydrogen-bond donors (Lipinski definition) is 3. The number of carboxylic acid groups (broad SMARTS) is 1. The van der Waals surface area contributed by atoms with E-state index < -0.39 is 12.3 Å². The Morgan fingerprint density at radius 2 is 1.76 bits per heavy atom. The molecule has 0 aliphatic carbocycles. The zero-order valence-electron chi connectivity index (χ0n) is 22.9. The molecule has 5 rings (SSSR count). The van der Waals surface area contributed by atoms with Crippen molar-refractivity contribution in [3.05, 3.63) is 95.6 Å². The monoisotopic (exact) mass is 589 g/mol. The van der Waals surface area contributed by atoms with Gasteiger partial charge in [0.1, 0.15) is 0 Å². The van der Waals surface area contributed by atoms with Crippen molar-refractivity contribution in [2.45, 2.75) is 50.0 Å². The highest BCUT2D eigenvalue weighted by Gasteiger charge is 2.38. The molecule has 1 aliphatic heterocycles. The van der Waals surface area contributed by atoms with Gasteiger partial charge in [0.25, 0.3) is 0 Å². The topological polar surface area (TPSA) is 149 Å². The number of amides is 1. The Morgan fingerprint density at radius 1 is 0.976 bits per heavy atom. The van der Waals surface area contributed by atoms with Gasteiger partial charge in [0.15, 0.2) is 6.29 Å². The summed E-state index contributed by atoms with van der Waals surface area (Å²) in [7, 11) is 0. The van der Waals surface area contributed by atoms with E-state index in [1.807, 2.05) is 60.7 Å². The third-order valence-electron chi connectivity index (χ3n) is 6.95. The van der Waals surface area contributed by atoms with Gasteiger partial charge in [-0.2, -0.15) is 4.68 Å². The summed E-state index contributed by atoms with van der Waals surface area (Å²) in [6, 6.07) is 24.5. The van der Waals surface area contributed by atoms with Crippen molar-refractivity contribution in [1.29, 1.82) is 0 Å². The van der Waals surface area contributed by atoms with Crippen LogP contribution in [0, 0.1) is 5.92 Å². The molecule has 3 aromatic carbocycles. The maximum atomic E-state index is 12.2. The largest absolute Gasteiger partial charge is 0.481 e. The minimum atomic E-state index is -1.03. The number of aliphatic carboxylic acids is 1. The van der Waals surface area contributed by atoms with E-state index in [0.29, 0.717) is 22.2 Å². The van der Waals surface area contributed by atoms with Gasteiger partial charge in [0, 0.05) is 29.3 Å². The number of para-hydroxylation sites is 1. The van der Waals surface area contributed by atoms with E-state index >= 15 is 0 Å². The first-order valence-corrected chi connectivity index (χ1v) is 14.5. The van der Waals surface area contributed by atoms with E-state index in [-0.39, 0.29) is 43.5 Å². The van der Waals surface area contributed by atoms with Crippen LogP contribution in [0.5, 0.6) is 0 Å². The lowest BCUT2D eigenvalue weighted by Gasteiger charge is -2.41. The number of thioether (sulfide) groups is 1. The third kappa shape index (κ3) is 7.21. The summed E-state index contributed by atoms with van der Waals surface area (Å²) in [6.07, 6.45) is -1.69. The van der Waals surface area contributed by atoms with E-state index in [9.17, 15) is 14.7 Å². The molecule has 0 saturated carbocycles. The fourth-order valence-corrected chi connectivity index (χ4v) is 5.73. The van der Waals surface area contributed by atoms with Crippen molar-refractivity contribution < 1.29 is 29.3 Å². The summed E-state index contributed by atoms with van der Waals surface area (Å²) in [5, 5.41) is 34.0. The van der Waals surface area contributed by atoms with E-state index in [0.717, 1.165) is 16.8 Å². The highest BCUT2D eigenvalue weighted by Crippen LogP contribution is 2.43. The van der Waals surface area contributed by atoms with Crippen LogP contribution in [0.2, 0.25) is 0 Å². The molecule has 0 spiro atoms. The molecule has 0 bridgehead atoms. The van der Waals surface area contributed by atoms with Gasteiger partial charge in [-0.1, -0.05) is 73.3 Å². The zero-order valence-corrected chi connectivity index (χ0v) is 23.7. The molecular formula is C30H31N5O6S. The second kappa shape index (κ2) is 13.7. The molecule has 1 aromatic heterocycles. The van der Waals surface area contributed by atoms with Gasteiger partial charge >= 0.3 is 5.97 Å². The quantitative estimate of drug-likeness (QED) is 0.213. The smallest absolute Gasteiger partial charge is 0.303 e. The molecular weight excluding hydrogens is 558 g/mol. The number of anilines is 1. The number of benzene rings is 3. The minimum absolute atomic E-state index is 0.0475. The van der Waals surface area contributed by atoms with Crippen LogP contribution in [0.4, 0.5) is 5.69 Å². The molecule has 4 aromatic rings. The number of carboxylic acids is 1. The fraction of sp³-hybridized carbons (Fsp3) is 0.300. The predicted octanol–water partition coefficient (Wildman–Crippen LogP) is 4.54. The number of nitrogens with one attached hydrogen (secondary N) is 1. The molecule has 42 heavy (non-hydrogen) atoms. The van der Waals surface area contributed by atoms with Crippen LogP contribution in [0.1, 0.15) is 48.8 Å². The summed E-state index contributed by atoms with van der Waals surface area (Å²) >= 11 is 1.49. The SMILES string of the molecule is C[C@@H]1[C@H](CSc2nnnn2-c2ccccc2)O[C@H](c2cccc(NC(=O)CCC(=O)O)c2)O[C@@H]1c1ccc(CO)cc1. The molecule has 4 atom stereocenters. The van der Waals surface area contributed by atoms with Gasteiger partial charge in [0.05, 0.1) is 30.9 Å². The number of rotatable bonds is 11. The number of aromatic nitrogens is 4. The maximum absolute atomic E-state index is 12.2. The molecule has 218 valence electrons. The van der Waals surface area contributed by atoms with E-state index in [1.165, 1.54) is 11.8 Å². The molecule has 1 amide bonds. The molecule has 12 heteroatoms. The molecule has 1 fully saturated rings. The molecule has 0 radical (unpaired) electrons. The number of ether oxygens (including phenoxy) is 2. The van der Waals surface area contributed by atoms with Gasteiger partial charge in [-0.3, -0.25) is 9.59 Å². The van der Waals surface area contributed by atoms with Crippen LogP contribution in [0.3, 0.4) is 0 Å². The van der Waals surface area contributed by atoms with Crippen molar-refractivity contribution in [3.63, 3.8) is 0 Å². The Labute approximate surface area is 246 Å². The number of tetrazole rings is 1. The lowest BCUT2D eigenvalue weighted by Crippen LogP contribution is -2.38. The first kappa shape index (κ1) is 29.4. The number of carbonyl (C=O) groups is 2. The predicted molar refractivity (Wildman–Crippen MR) is 155 cm³/mol. The number of nitrogens with zero attached hydrogens (tertiary/aromatic N) is 4. The molecule has 0 unspecified atom stereocenters. The average molecular weight is 590 g/mol. The van der Waals surface area contributed by atoms with E-state index in [4.69, 9.17) is 14.6 Å². The summed E-state index contributed by atoms with van der Waals surface area (Å²) in [6.45, 7) is 2.03. The van der Waals surface area contributed by atoms with Crippen LogP contribution in [-0.4, -0.2) is 54.2 Å². The van der Waals surface area contributed by atoms with Crippen molar-refractivity contribution in [1.82, 2.24) is 20.2 Å². The van der Waals surface area contributed by atoms with Crippen molar-refractivity contribution in [3.8, 4) is 5.69 Å². The number of aliphatic hydroxyl groups excluding tert-OH is 1. The van der Waals surface area contributed by atoms with E-state index in [1.54, 1.807) is 22.9 Å². The van der Waals surface area contributed by atoms with Gasteiger partial charge in [0.2, 0.25) is 11.1 Å². The minimum Gasteiger partial charge on any atom is -0.481 e. The molecule has 11 nitrogen and oxygen atoms in total. The van der Waals surface area contributed by atoms with Gasteiger partial charge in [-0.15, -0.1) is 5.10 Å². The molecule has 2 heterocycles. The summed E-state index contributed by atoms with van der Waals surface area (Å²) in [5.41, 5.74) is 3.84. The summed E-state index contributed by atoms with van der Waals surface area (Å²) in [5.74, 6) is -0.920. The third-order valence-corrected chi connectivity index (χ3v) is 7.96. The van der Waals surface area contributed by atoms with E-state index in [2.05, 4.69) is 27.8 Å². The van der Waals surface area contributed by atoms with Crippen LogP contribution in [0.25, 0.3) is 5.69 Å². The van der Waals surface area contributed by atoms with Crippen molar-refractivity contribution in [2.75, 3.05) is 11.1 Å². The van der Waals surface area contributed by atoms with Gasteiger partial charge in [-0.25, -0.2) is 0 Å². The Hall–Kier alpha value is -4.10. The maximum Gasteiger partial charge on any atom is 0.303 e. The Morgan fingerprint density at radius 3 is 2.50 bits per heavy atom. The average Bonchev–Trinajstić information content (AvgIpc) is 3.49. The Kier molecular flexibility index (Phi) is 9.59. The first-order chi connectivity index (χ1) is 20.4. The van der Waals surface area contributed by atoms with Crippen LogP contribution in [-0.2, 0) is 25.7 Å². The standard InChI is InChI=1S/C30H31N5O6S/c1-19-25(18-42-30-32-33-34-35(30)24-8-3-2-4-9-24)40-29(41-28(19)21-12-10-20(17-36)11-13-21)22-6-5-7-23(16-22)31-26(37)14-15-27(38)39/h2-13,16,19,25,28-29,36H,14-15,17-18H2,1H3,(H,31,37)(H,38,39)/t19-,25+,28+,29+/m1/s1. The van der Waals surface area contributed by atoms with Gasteiger partial charge < -0.3 is 25.0 Å². The zero-order chi connectivity index (χ0) is 29.5. The molecule has 1 saturated heterocycles. The van der Waals surface area contributed by atoms with Crippen LogP contribution in [0.15, 0.2) is 84.0 Å². The highest BCUT2D eigenvalue weighted by atomic mass is 32.2. The highest BCUT2D eigenvalue weighted by molar-refractivity contribution is 7.99. The summed E-state index contributed by atoms with van der Waals surface area (Å²) in [4.78, 5) is 23.1. The number of carbonyl (C=O) groups excluding carboxylic acids is 1. The fourth-order valence-electron chi connectivity index (χ4n) is 4.67. The van der Waals surface area contributed by atoms with Crippen LogP contribution >= 0.6 is 11.8 Å². The number of aliphatic hydroxyl groups is 1. The summed E-state index contributed by atoms with van der Waals surface area (Å²) < 4.78 is 14.7. The Bertz CT molecular complexity index is 1500. The second-order valence-corrected chi connectivity index (χ2v) is 10.9. The Balaban J connectivity index is 1.37. The lowest BCUT2D eigenvalue weighted by atomic mass is 9.91. The molecule has 1 aliphatic rings.